The second-order valence-corrected chi connectivity index (χ2v) is 6.23. The molecule has 0 spiro atoms. The van der Waals surface area contributed by atoms with Gasteiger partial charge in [-0.15, -0.1) is 4.95 Å². The lowest BCUT2D eigenvalue weighted by Crippen LogP contribution is -2.25. The zero-order chi connectivity index (χ0) is 20.5. The third kappa shape index (κ3) is 2.60. The molecule has 140 valence electrons. The van der Waals surface area contributed by atoms with Gasteiger partial charge in [0.15, 0.2) is 17.2 Å². The van der Waals surface area contributed by atoms with Gasteiger partial charge in [-0.05, 0) is 24.3 Å². The fourth-order valence-electron chi connectivity index (χ4n) is 3.40. The summed E-state index contributed by atoms with van der Waals surface area (Å²) in [6.45, 7) is 7.28. The average molecular weight is 390 g/mol. The van der Waals surface area contributed by atoms with Crippen molar-refractivity contribution in [2.75, 3.05) is 0 Å². The minimum atomic E-state index is 0.347. The summed E-state index contributed by atoms with van der Waals surface area (Å²) < 4.78 is 11.1. The number of hydrogen-bond donors (Lipinski definition) is 0. The Bertz CT molecular complexity index is 1290. The van der Waals surface area contributed by atoms with Gasteiger partial charge in [0.2, 0.25) is 6.19 Å². The first-order chi connectivity index (χ1) is 14.8. The Morgan fingerprint density at radius 2 is 1.37 bits per heavy atom. The average Bonchev–Trinajstić information content (AvgIpc) is 3.49. The minimum Gasteiger partial charge on any atom is -0.463 e. The summed E-state index contributed by atoms with van der Waals surface area (Å²) in [4.78, 5) is 16.7. The van der Waals surface area contributed by atoms with Gasteiger partial charge in [-0.25, -0.2) is 9.97 Å². The SMILES string of the molecule is [C-]#[N+]N=C1c2ccccc2C(=NC#N)c2nc(-c3ccco3)c(-c3ccco3)nc21. The van der Waals surface area contributed by atoms with Gasteiger partial charge in [-0.3, -0.25) is 0 Å². The lowest BCUT2D eigenvalue weighted by Gasteiger charge is -2.20. The third-order valence-corrected chi connectivity index (χ3v) is 4.60. The number of fused-ring (bicyclic) bond motifs is 2. The molecule has 4 aromatic rings. The first kappa shape index (κ1) is 17.3. The van der Waals surface area contributed by atoms with Crippen LogP contribution in [0.25, 0.3) is 27.9 Å². The molecule has 8 nitrogen and oxygen atoms in total. The molecule has 0 N–H and O–H groups in total. The number of benzene rings is 1. The first-order valence-electron chi connectivity index (χ1n) is 8.83. The molecule has 1 aliphatic carbocycles. The summed E-state index contributed by atoms with van der Waals surface area (Å²) in [5.74, 6) is 0.965. The zero-order valence-electron chi connectivity index (χ0n) is 15.3. The number of nitrogens with zero attached hydrogens (tertiary/aromatic N) is 6. The van der Waals surface area contributed by atoms with Gasteiger partial charge >= 0.3 is 0 Å². The number of furan rings is 2. The molecular formula is C22H10N6O2. The van der Waals surface area contributed by atoms with Crippen molar-refractivity contribution in [3.05, 3.63) is 95.1 Å². The second kappa shape index (κ2) is 6.97. The van der Waals surface area contributed by atoms with Crippen molar-refractivity contribution in [2.45, 2.75) is 0 Å². The van der Waals surface area contributed by atoms with Gasteiger partial charge in [0.1, 0.15) is 28.5 Å². The molecule has 3 aromatic heterocycles. The maximum absolute atomic E-state index is 9.30. The zero-order valence-corrected chi connectivity index (χ0v) is 15.3. The number of nitriles is 1. The van der Waals surface area contributed by atoms with E-state index in [9.17, 15) is 5.26 Å². The Morgan fingerprint density at radius 3 is 1.87 bits per heavy atom. The topological polar surface area (TPSA) is 105 Å². The van der Waals surface area contributed by atoms with Gasteiger partial charge in [0.25, 0.3) is 0 Å². The molecule has 8 heteroatoms. The van der Waals surface area contributed by atoms with Crippen molar-refractivity contribution in [1.82, 2.24) is 9.97 Å². The summed E-state index contributed by atoms with van der Waals surface area (Å²) in [5, 5.41) is 13.3. The molecule has 3 heterocycles. The molecule has 5 rings (SSSR count). The molecule has 0 amide bonds. The molecule has 0 radical (unpaired) electrons. The monoisotopic (exact) mass is 390 g/mol. The van der Waals surface area contributed by atoms with Crippen LogP contribution in [0.2, 0.25) is 0 Å². The van der Waals surface area contributed by atoms with Gasteiger partial charge in [-0.2, -0.15) is 16.8 Å². The summed E-state index contributed by atoms with van der Waals surface area (Å²) in [5.41, 5.74) is 3.58. The molecule has 0 saturated heterocycles. The van der Waals surface area contributed by atoms with Crippen molar-refractivity contribution in [1.29, 1.82) is 5.26 Å². The molecule has 0 unspecified atom stereocenters. The van der Waals surface area contributed by atoms with Crippen LogP contribution in [0, 0.1) is 18.0 Å². The van der Waals surface area contributed by atoms with E-state index in [-0.39, 0.29) is 0 Å². The van der Waals surface area contributed by atoms with E-state index in [0.717, 1.165) is 0 Å². The van der Waals surface area contributed by atoms with Crippen LogP contribution >= 0.6 is 0 Å². The van der Waals surface area contributed by atoms with Crippen molar-refractivity contribution in [3.8, 4) is 29.1 Å². The smallest absolute Gasteiger partial charge is 0.206 e. The molecule has 1 aliphatic rings. The van der Waals surface area contributed by atoms with Gasteiger partial charge < -0.3 is 8.83 Å². The normalized spacial score (nSPS) is 14.7. The van der Waals surface area contributed by atoms with Gasteiger partial charge in [0, 0.05) is 11.1 Å². The van der Waals surface area contributed by atoms with Crippen LogP contribution < -0.4 is 0 Å². The van der Waals surface area contributed by atoms with E-state index in [2.05, 4.69) is 15.0 Å². The number of hydrogen-bond acceptors (Lipinski definition) is 7. The summed E-state index contributed by atoms with van der Waals surface area (Å²) in [6.07, 6.45) is 4.91. The second-order valence-electron chi connectivity index (χ2n) is 6.23. The number of aliphatic imine (C=N–C) groups is 1. The highest BCUT2D eigenvalue weighted by atomic mass is 16.3. The predicted octanol–water partition coefficient (Wildman–Crippen LogP) is 4.30. The van der Waals surface area contributed by atoms with Crippen LogP contribution in [-0.2, 0) is 0 Å². The maximum Gasteiger partial charge on any atom is 0.206 e. The Labute approximate surface area is 170 Å². The van der Waals surface area contributed by atoms with E-state index in [0.29, 0.717) is 56.8 Å². The minimum absolute atomic E-state index is 0.347. The fraction of sp³-hybridized carbons (Fsp3) is 0. The highest BCUT2D eigenvalue weighted by Crippen LogP contribution is 2.34. The van der Waals surface area contributed by atoms with Crippen molar-refractivity contribution >= 4 is 11.4 Å². The van der Waals surface area contributed by atoms with E-state index < -0.39 is 0 Å². The first-order valence-corrected chi connectivity index (χ1v) is 8.83. The van der Waals surface area contributed by atoms with Crippen LogP contribution in [0.15, 0.2) is 80.0 Å². The number of aromatic nitrogens is 2. The molecule has 0 bridgehead atoms. The maximum atomic E-state index is 9.30. The van der Waals surface area contributed by atoms with E-state index in [1.165, 1.54) is 12.5 Å². The third-order valence-electron chi connectivity index (χ3n) is 4.60. The predicted molar refractivity (Wildman–Crippen MR) is 107 cm³/mol. The van der Waals surface area contributed by atoms with Crippen molar-refractivity contribution < 1.29 is 8.83 Å². The largest absolute Gasteiger partial charge is 0.463 e. The van der Waals surface area contributed by atoms with E-state index in [1.54, 1.807) is 24.3 Å². The van der Waals surface area contributed by atoms with E-state index in [1.807, 2.05) is 30.5 Å². The van der Waals surface area contributed by atoms with Crippen LogP contribution in [0.1, 0.15) is 22.5 Å². The molecule has 1 aromatic carbocycles. The quantitative estimate of drug-likeness (QED) is 0.254. The fourth-order valence-corrected chi connectivity index (χ4v) is 3.40. The standard InChI is InChI=1S/C22H10N6O2/c1-24-28-18-14-7-3-2-6-13(14)17(25-12-23)21-22(18)27-20(16-9-5-11-30-16)19(26-21)15-8-4-10-29-15/h2-11H. The highest BCUT2D eigenvalue weighted by molar-refractivity contribution is 6.30. The number of rotatable bonds is 2. The van der Waals surface area contributed by atoms with Crippen LogP contribution in [0.4, 0.5) is 0 Å². The molecule has 0 fully saturated rings. The Hall–Kier alpha value is -4.82. The molecule has 0 aliphatic heterocycles. The Balaban J connectivity index is 1.90. The molecular weight excluding hydrogens is 380 g/mol. The summed E-state index contributed by atoms with van der Waals surface area (Å²) in [7, 11) is 0. The Morgan fingerprint density at radius 1 is 0.800 bits per heavy atom. The van der Waals surface area contributed by atoms with Gasteiger partial charge in [0.05, 0.1) is 17.6 Å². The van der Waals surface area contributed by atoms with Crippen LogP contribution in [-0.4, -0.2) is 21.4 Å². The van der Waals surface area contributed by atoms with Crippen LogP contribution in [0.3, 0.4) is 0 Å². The summed E-state index contributed by atoms with van der Waals surface area (Å²) >= 11 is 0. The lowest BCUT2D eigenvalue weighted by molar-refractivity contribution is 0.571. The van der Waals surface area contributed by atoms with Crippen molar-refractivity contribution in [2.24, 2.45) is 10.1 Å². The van der Waals surface area contributed by atoms with Gasteiger partial charge in [-0.1, -0.05) is 24.3 Å². The van der Waals surface area contributed by atoms with Crippen molar-refractivity contribution in [3.63, 3.8) is 0 Å². The molecule has 0 atom stereocenters. The Kier molecular flexibility index (Phi) is 4.02. The molecule has 0 saturated carbocycles. The summed E-state index contributed by atoms with van der Waals surface area (Å²) in [6, 6.07) is 14.3. The van der Waals surface area contributed by atoms with E-state index in [4.69, 9.17) is 25.4 Å². The van der Waals surface area contributed by atoms with E-state index >= 15 is 0 Å². The lowest BCUT2D eigenvalue weighted by atomic mass is 9.88. The van der Waals surface area contributed by atoms with Crippen LogP contribution in [0.5, 0.6) is 0 Å². The highest BCUT2D eigenvalue weighted by Gasteiger charge is 2.33. The molecule has 30 heavy (non-hydrogen) atoms.